The lowest BCUT2D eigenvalue weighted by atomic mass is 10.1. The Morgan fingerprint density at radius 1 is 0.650 bits per heavy atom. The number of aromatic amines is 1. The van der Waals surface area contributed by atoms with Crippen LogP contribution in [0.15, 0.2) is 147 Å². The van der Waals surface area contributed by atoms with Crippen LogP contribution in [-0.2, 0) is 49.5 Å². The van der Waals surface area contributed by atoms with E-state index < -0.39 is 81.9 Å². The Morgan fingerprint density at radius 3 is 1.70 bits per heavy atom. The number of pyridine rings is 2. The number of anilines is 2. The van der Waals surface area contributed by atoms with Crippen LogP contribution in [0.4, 0.5) is 58.9 Å². The average molecular weight is 1460 g/mol. The van der Waals surface area contributed by atoms with Crippen molar-refractivity contribution in [3.05, 3.63) is 213 Å². The monoisotopic (exact) mass is 1460 g/mol. The summed E-state index contributed by atoms with van der Waals surface area (Å²) in [6.07, 6.45) is 6.20. The number of aromatic nitrogens is 6. The van der Waals surface area contributed by atoms with Crippen LogP contribution in [0.1, 0.15) is 70.5 Å². The number of halogens is 6. The van der Waals surface area contributed by atoms with E-state index in [0.29, 0.717) is 39.4 Å². The SMILES string of the molecule is CN(C(=O)CCc1cccc(F)c1Cl)[C@H](COC(=O)Nc1cc2cc(F)ccc2cn1)Cc1cnc[nH]1.CN(C(=O)OC(C)(C)C)[C@H](COC(=O)Nc1cc2cc(F)ccc2cn1)Cc1cn(C(=O)OC(C)(C)C)cn1.O=C(NCc1cccc(F)c1Cl)Oc1ccc([N+](=O)[O-])cc1.S.S. The minimum absolute atomic E-state index is 0. The van der Waals surface area contributed by atoms with Crippen LogP contribution in [0.25, 0.3) is 21.5 Å². The van der Waals surface area contributed by atoms with Crippen LogP contribution >= 0.6 is 50.2 Å². The number of ether oxygens (including phenoxy) is 5. The molecule has 5 amide bonds. The molecule has 0 radical (unpaired) electrons. The topological polar surface area (TPSA) is 307 Å². The van der Waals surface area contributed by atoms with Gasteiger partial charge in [0.05, 0.1) is 39.1 Å². The minimum atomic E-state index is -0.819. The molecule has 2 atom stereocenters. The molecular formula is C67H72Cl2F4N12O13S2. The molecule has 4 N–H and O–H groups in total. The first-order valence-corrected chi connectivity index (χ1v) is 30.6. The molecule has 532 valence electrons. The van der Waals surface area contributed by atoms with E-state index in [1.54, 1.807) is 85.1 Å². The molecule has 4 heterocycles. The number of carbonyl (C=O) groups excluding carboxylic acids is 6. The van der Waals surface area contributed by atoms with Gasteiger partial charge in [0.15, 0.2) is 0 Å². The number of hydrogen-bond donors (Lipinski definition) is 4. The van der Waals surface area contributed by atoms with Crippen LogP contribution in [0, 0.1) is 33.4 Å². The zero-order valence-electron chi connectivity index (χ0n) is 55.1. The van der Waals surface area contributed by atoms with Gasteiger partial charge in [0.2, 0.25) is 5.91 Å². The highest BCUT2D eigenvalue weighted by atomic mass is 35.5. The second kappa shape index (κ2) is 37.1. The summed E-state index contributed by atoms with van der Waals surface area (Å²) in [5.41, 5.74) is 0.612. The maximum absolute atomic E-state index is 13.7. The van der Waals surface area contributed by atoms with Gasteiger partial charge >= 0.3 is 30.5 Å². The van der Waals surface area contributed by atoms with Crippen molar-refractivity contribution in [2.75, 3.05) is 37.9 Å². The summed E-state index contributed by atoms with van der Waals surface area (Å²) in [5.74, 6) is -1.64. The number of nitro groups is 1. The van der Waals surface area contributed by atoms with E-state index in [2.05, 4.69) is 40.9 Å². The predicted octanol–water partition coefficient (Wildman–Crippen LogP) is 14.4. The Morgan fingerprint density at radius 2 is 1.18 bits per heavy atom. The van der Waals surface area contributed by atoms with Crippen LogP contribution < -0.4 is 20.7 Å². The second-order valence-electron chi connectivity index (χ2n) is 23.6. The number of nitro benzene ring substituents is 1. The van der Waals surface area contributed by atoms with E-state index in [0.717, 1.165) is 11.1 Å². The van der Waals surface area contributed by atoms with E-state index in [4.69, 9.17) is 46.9 Å². The Balaban J connectivity index is 0.000000278. The molecule has 9 aromatic rings. The van der Waals surface area contributed by atoms with E-state index in [1.807, 2.05) is 0 Å². The van der Waals surface area contributed by atoms with E-state index in [9.17, 15) is 56.4 Å². The average Bonchev–Trinajstić information content (AvgIpc) is 1.14. The van der Waals surface area contributed by atoms with Crippen LogP contribution in [0.5, 0.6) is 5.75 Å². The summed E-state index contributed by atoms with van der Waals surface area (Å²) in [4.78, 5) is 107. The van der Waals surface area contributed by atoms with E-state index >= 15 is 0 Å². The molecule has 0 aliphatic heterocycles. The molecule has 0 spiro atoms. The maximum Gasteiger partial charge on any atom is 0.419 e. The number of non-ortho nitro benzene ring substituents is 1. The number of hydrogen-bond acceptors (Lipinski definition) is 17. The molecule has 100 heavy (non-hydrogen) atoms. The van der Waals surface area contributed by atoms with Crippen molar-refractivity contribution in [1.82, 2.24) is 44.6 Å². The zero-order valence-corrected chi connectivity index (χ0v) is 58.6. The number of fused-ring (bicyclic) bond motifs is 2. The molecule has 0 bridgehead atoms. The third-order valence-corrected chi connectivity index (χ3v) is 14.7. The van der Waals surface area contributed by atoms with E-state index in [1.165, 1.54) is 132 Å². The molecule has 9 rings (SSSR count). The van der Waals surface area contributed by atoms with Gasteiger partial charge in [0.1, 0.15) is 71.4 Å². The van der Waals surface area contributed by atoms with Gasteiger partial charge in [0.25, 0.3) is 5.69 Å². The molecule has 33 heteroatoms. The van der Waals surface area contributed by atoms with Gasteiger partial charge in [-0.05, 0) is 143 Å². The fourth-order valence-electron chi connectivity index (χ4n) is 8.85. The number of likely N-dealkylation sites (N-methyl/N-ethyl adjacent to an activating group) is 2. The first-order chi connectivity index (χ1) is 46.4. The number of aryl methyl sites for hydroxylation is 1. The van der Waals surface area contributed by atoms with Crippen molar-refractivity contribution in [3.8, 4) is 5.75 Å². The minimum Gasteiger partial charge on any atom is -0.447 e. The fraction of sp³-hybridized carbons (Fsp3) is 0.284. The van der Waals surface area contributed by atoms with Gasteiger partial charge in [-0.3, -0.25) is 25.5 Å². The van der Waals surface area contributed by atoms with Crippen LogP contribution in [0.3, 0.4) is 0 Å². The third-order valence-electron chi connectivity index (χ3n) is 13.9. The molecule has 0 fully saturated rings. The second-order valence-corrected chi connectivity index (χ2v) is 24.4. The molecule has 25 nitrogen and oxygen atoms in total. The smallest absolute Gasteiger partial charge is 0.419 e. The largest absolute Gasteiger partial charge is 0.447 e. The molecular weight excluding hydrogens is 1390 g/mol. The number of amides is 5. The molecule has 4 aromatic heterocycles. The fourth-order valence-corrected chi connectivity index (χ4v) is 9.27. The Kier molecular flexibility index (Phi) is 29.8. The van der Waals surface area contributed by atoms with Crippen molar-refractivity contribution in [1.29, 1.82) is 0 Å². The van der Waals surface area contributed by atoms with Crippen molar-refractivity contribution < 1.29 is 74.9 Å². The highest BCUT2D eigenvalue weighted by molar-refractivity contribution is 7.59. The maximum atomic E-state index is 13.7. The van der Waals surface area contributed by atoms with Gasteiger partial charge < -0.3 is 43.8 Å². The number of imidazole rings is 2. The van der Waals surface area contributed by atoms with Gasteiger partial charge in [0, 0.05) is 93.3 Å². The number of benzene rings is 5. The lowest BCUT2D eigenvalue weighted by Gasteiger charge is -2.30. The lowest BCUT2D eigenvalue weighted by molar-refractivity contribution is -0.384. The number of H-pyrrole nitrogens is 1. The standard InChI is InChI=1S/C27H34FN5O6.C26H24ClF2N5O3.C14H10ClFN2O4.2H2S/c1-26(2,3)38-24(35)32(7)21(12-20-14-33(16-30-20)25(36)39-27(4,5)6)15-37-23(34)31-22-11-18-10-19(28)9-8-17(18)13-29-22;1-34(24(35)8-6-16-3-2-4-22(29)25(16)27)21(11-20-13-30-15-32-20)14-37-26(36)33-23-10-18-9-19(28)7-5-17(18)12-31-23;15-13-9(2-1-3-12(13)16)8-17-14(19)22-11-6-4-10(5-7-11)18(20)21;;/h8-11,13-14,16,21H,12,15H2,1-7H3,(H,29,31,34);2-5,7,9-10,12-13,15,21H,6,8,11,14H2,1H3,(H,30,32)(H,31,33,36);1-7H,8H2,(H,17,19);2*1H2/t2*21-;;;/m00.../s1. The summed E-state index contributed by atoms with van der Waals surface area (Å²) in [5, 5.41) is 20.4. The summed E-state index contributed by atoms with van der Waals surface area (Å²) >= 11 is 11.8. The summed E-state index contributed by atoms with van der Waals surface area (Å²) in [7, 11) is 3.13. The van der Waals surface area contributed by atoms with Crippen molar-refractivity contribution in [2.45, 2.75) is 97.1 Å². The first kappa shape index (κ1) is 80.4. The Hall–Kier alpha value is -10.2. The number of nitrogens with zero attached hydrogens (tertiary/aromatic N) is 8. The lowest BCUT2D eigenvalue weighted by Crippen LogP contribution is -2.44. The molecule has 5 aromatic carbocycles. The van der Waals surface area contributed by atoms with Crippen LogP contribution in [-0.4, -0.2) is 131 Å². The van der Waals surface area contributed by atoms with Gasteiger partial charge in [-0.1, -0.05) is 47.5 Å². The summed E-state index contributed by atoms with van der Waals surface area (Å²) in [6, 6.07) is 24.1. The highest BCUT2D eigenvalue weighted by Gasteiger charge is 2.29. The van der Waals surface area contributed by atoms with Crippen molar-refractivity contribution >= 4 is 125 Å². The molecule has 0 saturated carbocycles. The van der Waals surface area contributed by atoms with Gasteiger partial charge in [-0.25, -0.2) is 66.0 Å². The molecule has 0 aliphatic rings. The zero-order chi connectivity index (χ0) is 71.4. The van der Waals surface area contributed by atoms with Crippen molar-refractivity contribution in [2.24, 2.45) is 0 Å². The Bertz CT molecular complexity index is 4310. The predicted molar refractivity (Wildman–Crippen MR) is 375 cm³/mol. The normalized spacial score (nSPS) is 11.5. The van der Waals surface area contributed by atoms with Crippen molar-refractivity contribution in [3.63, 3.8) is 0 Å². The number of rotatable bonds is 19. The summed E-state index contributed by atoms with van der Waals surface area (Å²) in [6.45, 7) is 10.1. The van der Waals surface area contributed by atoms with E-state index in [-0.39, 0.29) is 105 Å². The van der Waals surface area contributed by atoms with Gasteiger partial charge in [-0.2, -0.15) is 27.0 Å². The molecule has 0 saturated heterocycles. The first-order valence-electron chi connectivity index (χ1n) is 29.9. The number of carbonyl (C=O) groups is 6. The summed E-state index contributed by atoms with van der Waals surface area (Å²) < 4.78 is 81.8. The quantitative estimate of drug-likeness (QED) is 0.0253. The van der Waals surface area contributed by atoms with Crippen LogP contribution in [0.2, 0.25) is 10.0 Å². The van der Waals surface area contributed by atoms with Gasteiger partial charge in [-0.15, -0.1) is 0 Å². The Labute approximate surface area is 595 Å². The highest BCUT2D eigenvalue weighted by Crippen LogP contribution is 2.25. The molecule has 0 aliphatic carbocycles. The number of nitrogens with one attached hydrogen (secondary N) is 4. The third kappa shape index (κ3) is 25.2. The molecule has 0 unspecified atom stereocenters.